The van der Waals surface area contributed by atoms with E-state index in [9.17, 15) is 4.79 Å². The van der Waals surface area contributed by atoms with Crippen LogP contribution in [0.5, 0.6) is 0 Å². The number of aromatic amines is 1. The standard InChI is InChI=1S/C15H15NOS2.C2H6/c1-3-15(2)8-9-6-4-5-7-10(9)12-11(15)13(17)19-14(18)16-12;1-2/h4-7H,3,8H2,1-2H3,(H,16,18);1-2H3. The summed E-state index contributed by atoms with van der Waals surface area (Å²) in [5, 5.41) is 0. The van der Waals surface area contributed by atoms with Gasteiger partial charge in [-0.25, -0.2) is 0 Å². The van der Waals surface area contributed by atoms with Crippen LogP contribution in [0.1, 0.15) is 45.2 Å². The van der Waals surface area contributed by atoms with Crippen molar-refractivity contribution in [1.82, 2.24) is 4.98 Å². The maximum atomic E-state index is 12.4. The number of nitrogens with one attached hydrogen (secondary N) is 1. The molecule has 4 heteroatoms. The Morgan fingerprint density at radius 3 is 2.67 bits per heavy atom. The summed E-state index contributed by atoms with van der Waals surface area (Å²) in [7, 11) is 0. The molecule has 112 valence electrons. The minimum Gasteiger partial charge on any atom is -0.337 e. The van der Waals surface area contributed by atoms with Crippen LogP contribution >= 0.6 is 23.6 Å². The van der Waals surface area contributed by atoms with E-state index >= 15 is 0 Å². The second-order valence-corrected chi connectivity index (χ2v) is 6.95. The molecular formula is C17H21NOS2. The van der Waals surface area contributed by atoms with Crippen molar-refractivity contribution in [3.05, 3.63) is 48.9 Å². The molecule has 1 aromatic carbocycles. The molecule has 2 aromatic rings. The number of fused-ring (bicyclic) bond motifs is 3. The van der Waals surface area contributed by atoms with Gasteiger partial charge in [-0.1, -0.05) is 63.3 Å². The van der Waals surface area contributed by atoms with E-state index in [1.165, 1.54) is 5.56 Å². The van der Waals surface area contributed by atoms with Crippen molar-refractivity contribution >= 4 is 23.6 Å². The zero-order valence-corrected chi connectivity index (χ0v) is 14.6. The molecule has 1 aliphatic carbocycles. The van der Waals surface area contributed by atoms with Gasteiger partial charge in [0, 0.05) is 16.5 Å². The Morgan fingerprint density at radius 1 is 1.33 bits per heavy atom. The molecule has 1 N–H and O–H groups in total. The summed E-state index contributed by atoms with van der Waals surface area (Å²) in [4.78, 5) is 15.6. The molecule has 1 heterocycles. The molecule has 0 spiro atoms. The van der Waals surface area contributed by atoms with Gasteiger partial charge in [0.15, 0.2) is 3.95 Å². The summed E-state index contributed by atoms with van der Waals surface area (Å²) in [5.41, 5.74) is 4.16. The van der Waals surface area contributed by atoms with Gasteiger partial charge in [-0.15, -0.1) is 0 Å². The lowest BCUT2D eigenvalue weighted by Crippen LogP contribution is -2.34. The molecule has 1 unspecified atom stereocenters. The van der Waals surface area contributed by atoms with E-state index < -0.39 is 0 Å². The number of aromatic nitrogens is 1. The summed E-state index contributed by atoms with van der Waals surface area (Å²) < 4.78 is 0.663. The van der Waals surface area contributed by atoms with Gasteiger partial charge in [0.2, 0.25) is 4.74 Å². The molecule has 2 nitrogen and oxygen atoms in total. The van der Waals surface area contributed by atoms with Gasteiger partial charge in [0.25, 0.3) is 0 Å². The molecule has 0 saturated heterocycles. The Bertz CT molecular complexity index is 760. The molecule has 1 aliphatic rings. The smallest absolute Gasteiger partial charge is 0.240 e. The zero-order chi connectivity index (χ0) is 15.6. The van der Waals surface area contributed by atoms with Crippen molar-refractivity contribution in [1.29, 1.82) is 0 Å². The Balaban J connectivity index is 0.000000774. The van der Waals surface area contributed by atoms with Crippen LogP contribution in [0.25, 0.3) is 11.3 Å². The van der Waals surface area contributed by atoms with Gasteiger partial charge < -0.3 is 4.98 Å². The maximum absolute atomic E-state index is 12.4. The maximum Gasteiger partial charge on any atom is 0.240 e. The minimum atomic E-state index is -0.100. The Kier molecular flexibility index (Phi) is 4.79. The van der Waals surface area contributed by atoms with Crippen molar-refractivity contribution in [2.75, 3.05) is 0 Å². The van der Waals surface area contributed by atoms with Crippen LogP contribution < -0.4 is 4.74 Å². The first kappa shape index (κ1) is 16.1. The fourth-order valence-corrected chi connectivity index (χ4v) is 4.01. The highest BCUT2D eigenvalue weighted by Crippen LogP contribution is 2.42. The second-order valence-electron chi connectivity index (χ2n) is 5.30. The van der Waals surface area contributed by atoms with Gasteiger partial charge in [-0.2, -0.15) is 0 Å². The minimum absolute atomic E-state index is 0.100. The average molecular weight is 319 g/mol. The fraction of sp³-hybridized carbons (Fsp3) is 0.412. The van der Waals surface area contributed by atoms with Gasteiger partial charge in [0.1, 0.15) is 0 Å². The van der Waals surface area contributed by atoms with Gasteiger partial charge >= 0.3 is 0 Å². The predicted octanol–water partition coefficient (Wildman–Crippen LogP) is 5.08. The van der Waals surface area contributed by atoms with Crippen molar-refractivity contribution < 1.29 is 0 Å². The van der Waals surface area contributed by atoms with Crippen molar-refractivity contribution in [3.63, 3.8) is 0 Å². The molecule has 0 fully saturated rings. The molecule has 1 aromatic heterocycles. The molecule has 0 aliphatic heterocycles. The van der Waals surface area contributed by atoms with Gasteiger partial charge in [-0.05, 0) is 30.6 Å². The lowest BCUT2D eigenvalue weighted by Gasteiger charge is -2.35. The number of rotatable bonds is 1. The molecule has 0 saturated carbocycles. The summed E-state index contributed by atoms with van der Waals surface area (Å²) in [5.74, 6) is 0. The molecule has 1 atom stereocenters. The Morgan fingerprint density at radius 2 is 2.00 bits per heavy atom. The lowest BCUT2D eigenvalue weighted by molar-refractivity contribution is 0.444. The van der Waals surface area contributed by atoms with Crippen molar-refractivity contribution in [3.8, 4) is 11.3 Å². The zero-order valence-electron chi connectivity index (χ0n) is 12.9. The van der Waals surface area contributed by atoms with E-state index in [2.05, 4.69) is 37.0 Å². The first-order valence-electron chi connectivity index (χ1n) is 7.41. The second kappa shape index (κ2) is 6.24. The molecular weight excluding hydrogens is 298 g/mol. The Labute approximate surface area is 134 Å². The molecule has 3 rings (SSSR count). The summed E-state index contributed by atoms with van der Waals surface area (Å²) in [6.45, 7) is 8.32. The SMILES string of the molecule is CC.CCC1(C)Cc2ccccc2-c2[nH]c(=S)sc(=O)c21. The highest BCUT2D eigenvalue weighted by molar-refractivity contribution is 7.73. The summed E-state index contributed by atoms with van der Waals surface area (Å²) >= 11 is 6.33. The summed E-state index contributed by atoms with van der Waals surface area (Å²) in [6.07, 6.45) is 1.86. The lowest BCUT2D eigenvalue weighted by atomic mass is 9.70. The van der Waals surface area contributed by atoms with Crippen molar-refractivity contribution in [2.24, 2.45) is 0 Å². The predicted molar refractivity (Wildman–Crippen MR) is 93.9 cm³/mol. The van der Waals surface area contributed by atoms with E-state index in [1.807, 2.05) is 19.9 Å². The molecule has 21 heavy (non-hydrogen) atoms. The average Bonchev–Trinajstić information content (AvgIpc) is 2.48. The third kappa shape index (κ3) is 2.74. The largest absolute Gasteiger partial charge is 0.337 e. The highest BCUT2D eigenvalue weighted by Gasteiger charge is 2.36. The normalized spacial score (nSPS) is 19.0. The third-order valence-corrected chi connectivity index (χ3v) is 5.15. The van der Waals surface area contributed by atoms with E-state index in [-0.39, 0.29) is 10.2 Å². The first-order chi connectivity index (χ1) is 10.0. The van der Waals surface area contributed by atoms with E-state index in [0.29, 0.717) is 3.95 Å². The van der Waals surface area contributed by atoms with Crippen LogP contribution in [0.4, 0.5) is 0 Å². The quantitative estimate of drug-likeness (QED) is 0.743. The highest BCUT2D eigenvalue weighted by atomic mass is 32.1. The van der Waals surface area contributed by atoms with Crippen LogP contribution in [-0.4, -0.2) is 4.98 Å². The number of H-pyrrole nitrogens is 1. The number of benzene rings is 1. The van der Waals surface area contributed by atoms with Crippen LogP contribution in [0.3, 0.4) is 0 Å². The van der Waals surface area contributed by atoms with E-state index in [1.54, 1.807) is 0 Å². The van der Waals surface area contributed by atoms with Gasteiger partial charge in [0.05, 0.1) is 5.69 Å². The number of hydrogen-bond donors (Lipinski definition) is 1. The van der Waals surface area contributed by atoms with Crippen LogP contribution in [0.15, 0.2) is 29.1 Å². The van der Waals surface area contributed by atoms with Crippen LogP contribution in [0.2, 0.25) is 0 Å². The van der Waals surface area contributed by atoms with E-state index in [0.717, 1.165) is 41.0 Å². The molecule has 0 bridgehead atoms. The fourth-order valence-electron chi connectivity index (χ4n) is 2.91. The van der Waals surface area contributed by atoms with Gasteiger partial charge in [-0.3, -0.25) is 4.79 Å². The summed E-state index contributed by atoms with van der Waals surface area (Å²) in [6, 6.07) is 8.27. The number of hydrogen-bond acceptors (Lipinski definition) is 3. The Hall–Kier alpha value is -1.26. The molecule has 0 radical (unpaired) electrons. The van der Waals surface area contributed by atoms with Crippen molar-refractivity contribution in [2.45, 2.75) is 46.0 Å². The van der Waals surface area contributed by atoms with E-state index in [4.69, 9.17) is 12.2 Å². The topological polar surface area (TPSA) is 32.9 Å². The van der Waals surface area contributed by atoms with Crippen LogP contribution in [0, 0.1) is 3.95 Å². The van der Waals surface area contributed by atoms with Crippen LogP contribution in [-0.2, 0) is 11.8 Å². The molecule has 0 amide bonds. The monoisotopic (exact) mass is 319 g/mol. The first-order valence-corrected chi connectivity index (χ1v) is 8.64. The third-order valence-electron chi connectivity index (χ3n) is 4.12.